The second kappa shape index (κ2) is 6.42. The van der Waals surface area contributed by atoms with Gasteiger partial charge in [-0.3, -0.25) is 0 Å². The zero-order chi connectivity index (χ0) is 12.9. The summed E-state index contributed by atoms with van der Waals surface area (Å²) in [6.07, 6.45) is 0.936. The normalized spacial score (nSPS) is 12.4. The summed E-state index contributed by atoms with van der Waals surface area (Å²) < 4.78 is 5.66. The van der Waals surface area contributed by atoms with Gasteiger partial charge in [0.25, 0.3) is 0 Å². The number of hydrogen-bond donors (Lipinski definition) is 1. The second-order valence-corrected chi connectivity index (χ2v) is 6.50. The first kappa shape index (κ1) is 14.5. The van der Waals surface area contributed by atoms with E-state index in [0.717, 1.165) is 23.0 Å². The van der Waals surface area contributed by atoms with Crippen LogP contribution in [0.5, 0.6) is 0 Å². The third-order valence-electron chi connectivity index (χ3n) is 2.03. The van der Waals surface area contributed by atoms with Crippen LogP contribution in [0.15, 0.2) is 0 Å². The van der Waals surface area contributed by atoms with Gasteiger partial charge in [-0.1, -0.05) is 25.2 Å². The largest absolute Gasteiger partial charge is 0.369 e. The SMILES string of the molecule is CC(C)NCCc1nnc(COC(C)(C)C)s1. The Bertz CT molecular complexity index is 331. The number of ether oxygens (including phenoxy) is 1. The molecular weight excluding hydrogens is 234 g/mol. The van der Waals surface area contributed by atoms with Gasteiger partial charge in [0, 0.05) is 19.0 Å². The van der Waals surface area contributed by atoms with Crippen LogP contribution >= 0.6 is 11.3 Å². The first-order valence-corrected chi connectivity index (χ1v) is 6.87. The molecule has 0 aliphatic rings. The second-order valence-electron chi connectivity index (χ2n) is 5.35. The van der Waals surface area contributed by atoms with Crippen molar-refractivity contribution in [1.29, 1.82) is 0 Å². The third-order valence-corrected chi connectivity index (χ3v) is 2.99. The van der Waals surface area contributed by atoms with Gasteiger partial charge < -0.3 is 10.1 Å². The van der Waals surface area contributed by atoms with Crippen molar-refractivity contribution in [2.24, 2.45) is 0 Å². The average molecular weight is 257 g/mol. The van der Waals surface area contributed by atoms with E-state index >= 15 is 0 Å². The molecule has 0 aromatic carbocycles. The fraction of sp³-hybridized carbons (Fsp3) is 0.833. The molecule has 0 bridgehead atoms. The Morgan fingerprint density at radius 1 is 1.24 bits per heavy atom. The van der Waals surface area contributed by atoms with Crippen LogP contribution in [0, 0.1) is 0 Å². The quantitative estimate of drug-likeness (QED) is 0.850. The van der Waals surface area contributed by atoms with Crippen molar-refractivity contribution < 1.29 is 4.74 Å². The van der Waals surface area contributed by atoms with E-state index in [0.29, 0.717) is 12.6 Å². The molecule has 0 fully saturated rings. The summed E-state index contributed by atoms with van der Waals surface area (Å²) >= 11 is 1.64. The summed E-state index contributed by atoms with van der Waals surface area (Å²) in [6, 6.07) is 0.520. The molecule has 17 heavy (non-hydrogen) atoms. The average Bonchev–Trinajstić information content (AvgIpc) is 2.61. The molecule has 98 valence electrons. The standard InChI is InChI=1S/C12H23N3OS/c1-9(2)13-7-6-10-14-15-11(17-10)8-16-12(3,4)5/h9,13H,6-8H2,1-5H3. The van der Waals surface area contributed by atoms with E-state index in [1.54, 1.807) is 11.3 Å². The maximum absolute atomic E-state index is 5.66. The molecule has 0 unspecified atom stereocenters. The molecule has 1 heterocycles. The Labute approximate surface area is 108 Å². The fourth-order valence-corrected chi connectivity index (χ4v) is 1.95. The number of nitrogens with one attached hydrogen (secondary N) is 1. The zero-order valence-electron chi connectivity index (χ0n) is 11.4. The minimum Gasteiger partial charge on any atom is -0.369 e. The van der Waals surface area contributed by atoms with Crippen LogP contribution in [0.2, 0.25) is 0 Å². The molecule has 4 nitrogen and oxygen atoms in total. The van der Waals surface area contributed by atoms with Crippen molar-refractivity contribution in [3.63, 3.8) is 0 Å². The van der Waals surface area contributed by atoms with E-state index in [-0.39, 0.29) is 5.60 Å². The first-order chi connectivity index (χ1) is 7.87. The predicted octanol–water partition coefficient (Wildman–Crippen LogP) is 2.39. The molecule has 0 atom stereocenters. The van der Waals surface area contributed by atoms with E-state index in [1.165, 1.54) is 0 Å². The lowest BCUT2D eigenvalue weighted by atomic mass is 10.2. The van der Waals surface area contributed by atoms with Gasteiger partial charge in [0.2, 0.25) is 0 Å². The lowest BCUT2D eigenvalue weighted by Crippen LogP contribution is -2.24. The van der Waals surface area contributed by atoms with Gasteiger partial charge in [-0.15, -0.1) is 10.2 Å². The lowest BCUT2D eigenvalue weighted by molar-refractivity contribution is -0.0152. The van der Waals surface area contributed by atoms with E-state index < -0.39 is 0 Å². The van der Waals surface area contributed by atoms with Crippen LogP contribution in [0.1, 0.15) is 44.6 Å². The third kappa shape index (κ3) is 6.71. The molecule has 0 aliphatic heterocycles. The number of aromatic nitrogens is 2. The molecule has 5 heteroatoms. The molecule has 1 aromatic heterocycles. The molecule has 0 radical (unpaired) electrons. The molecule has 1 rings (SSSR count). The topological polar surface area (TPSA) is 47.0 Å². The van der Waals surface area contributed by atoms with Gasteiger partial charge in [-0.25, -0.2) is 0 Å². The lowest BCUT2D eigenvalue weighted by Gasteiger charge is -2.17. The van der Waals surface area contributed by atoms with Crippen LogP contribution in [0.25, 0.3) is 0 Å². The predicted molar refractivity (Wildman–Crippen MR) is 71.3 cm³/mol. The maximum Gasteiger partial charge on any atom is 0.143 e. The minimum absolute atomic E-state index is 0.120. The van der Waals surface area contributed by atoms with Crippen molar-refractivity contribution in [3.05, 3.63) is 10.0 Å². The molecule has 0 saturated heterocycles. The van der Waals surface area contributed by atoms with Crippen molar-refractivity contribution >= 4 is 11.3 Å². The molecule has 0 aliphatic carbocycles. The number of rotatable bonds is 6. The summed E-state index contributed by atoms with van der Waals surface area (Å²) in [5, 5.41) is 13.7. The Morgan fingerprint density at radius 2 is 1.88 bits per heavy atom. The Hall–Kier alpha value is -0.520. The van der Waals surface area contributed by atoms with E-state index in [1.807, 2.05) is 20.8 Å². The van der Waals surface area contributed by atoms with Gasteiger partial charge in [0.15, 0.2) is 0 Å². The molecule has 0 spiro atoms. The van der Waals surface area contributed by atoms with Crippen LogP contribution in [-0.2, 0) is 17.8 Å². The zero-order valence-corrected chi connectivity index (χ0v) is 12.2. The van der Waals surface area contributed by atoms with Crippen molar-refractivity contribution in [2.45, 2.75) is 59.3 Å². The highest BCUT2D eigenvalue weighted by molar-refractivity contribution is 7.11. The Kier molecular flexibility index (Phi) is 5.49. The molecular formula is C12H23N3OS. The smallest absolute Gasteiger partial charge is 0.143 e. The van der Waals surface area contributed by atoms with E-state index in [2.05, 4.69) is 29.4 Å². The van der Waals surface area contributed by atoms with Gasteiger partial charge >= 0.3 is 0 Å². The highest BCUT2D eigenvalue weighted by atomic mass is 32.1. The monoisotopic (exact) mass is 257 g/mol. The molecule has 0 saturated carbocycles. The van der Waals surface area contributed by atoms with Gasteiger partial charge in [0.1, 0.15) is 16.6 Å². The summed E-state index contributed by atoms with van der Waals surface area (Å²) in [6.45, 7) is 11.9. The molecule has 1 N–H and O–H groups in total. The van der Waals surface area contributed by atoms with Crippen LogP contribution in [-0.4, -0.2) is 28.4 Å². The summed E-state index contributed by atoms with van der Waals surface area (Å²) in [7, 11) is 0. The Balaban J connectivity index is 2.32. The highest BCUT2D eigenvalue weighted by Crippen LogP contribution is 2.15. The molecule has 0 amide bonds. The summed E-state index contributed by atoms with van der Waals surface area (Å²) in [4.78, 5) is 0. The molecule has 1 aromatic rings. The fourth-order valence-electron chi connectivity index (χ4n) is 1.19. The van der Waals surface area contributed by atoms with E-state index in [9.17, 15) is 0 Å². The van der Waals surface area contributed by atoms with Gasteiger partial charge in [-0.2, -0.15) is 0 Å². The van der Waals surface area contributed by atoms with Crippen molar-refractivity contribution in [2.75, 3.05) is 6.54 Å². The first-order valence-electron chi connectivity index (χ1n) is 6.05. The van der Waals surface area contributed by atoms with Crippen LogP contribution in [0.4, 0.5) is 0 Å². The minimum atomic E-state index is -0.120. The summed E-state index contributed by atoms with van der Waals surface area (Å²) in [5.74, 6) is 0. The van der Waals surface area contributed by atoms with Crippen LogP contribution in [0.3, 0.4) is 0 Å². The Morgan fingerprint density at radius 3 is 2.47 bits per heavy atom. The summed E-state index contributed by atoms with van der Waals surface area (Å²) in [5.41, 5.74) is -0.120. The number of hydrogen-bond acceptors (Lipinski definition) is 5. The van der Waals surface area contributed by atoms with Gasteiger partial charge in [-0.05, 0) is 20.8 Å². The van der Waals surface area contributed by atoms with E-state index in [4.69, 9.17) is 4.74 Å². The van der Waals surface area contributed by atoms with Crippen molar-refractivity contribution in [1.82, 2.24) is 15.5 Å². The maximum atomic E-state index is 5.66. The van der Waals surface area contributed by atoms with Gasteiger partial charge in [0.05, 0.1) is 5.60 Å². The van der Waals surface area contributed by atoms with Crippen LogP contribution < -0.4 is 5.32 Å². The van der Waals surface area contributed by atoms with Crippen molar-refractivity contribution in [3.8, 4) is 0 Å². The number of nitrogens with zero attached hydrogens (tertiary/aromatic N) is 2. The highest BCUT2D eigenvalue weighted by Gasteiger charge is 2.12.